The first kappa shape index (κ1) is 21.2. The summed E-state index contributed by atoms with van der Waals surface area (Å²) in [6.07, 6.45) is -2.00. The Hall–Kier alpha value is -3.03. The molecular formula is C23H24F3N3O2. The molecule has 5 nitrogen and oxygen atoms in total. The Morgan fingerprint density at radius 2 is 1.90 bits per heavy atom. The molecular weight excluding hydrogens is 407 g/mol. The average molecular weight is 431 g/mol. The van der Waals surface area contributed by atoms with Gasteiger partial charge < -0.3 is 10.2 Å². The summed E-state index contributed by atoms with van der Waals surface area (Å²) in [5.41, 5.74) is 1.86. The number of aryl methyl sites for hydroxylation is 1. The summed E-state index contributed by atoms with van der Waals surface area (Å²) in [5.74, 6) is -0.0139. The summed E-state index contributed by atoms with van der Waals surface area (Å²) in [6, 6.07) is 10.3. The molecule has 0 unspecified atom stereocenters. The molecule has 1 saturated carbocycles. The van der Waals surface area contributed by atoms with E-state index in [1.807, 2.05) is 25.1 Å². The van der Waals surface area contributed by atoms with E-state index >= 15 is 0 Å². The van der Waals surface area contributed by atoms with E-state index in [1.54, 1.807) is 15.9 Å². The number of alkyl halides is 3. The fourth-order valence-corrected chi connectivity index (χ4v) is 3.78. The highest BCUT2D eigenvalue weighted by atomic mass is 19.4. The van der Waals surface area contributed by atoms with Crippen LogP contribution in [0.3, 0.4) is 0 Å². The summed E-state index contributed by atoms with van der Waals surface area (Å²) in [7, 11) is 0. The molecule has 1 heterocycles. The van der Waals surface area contributed by atoms with Crippen molar-refractivity contribution in [3.63, 3.8) is 0 Å². The Bertz CT molecular complexity index is 1000. The van der Waals surface area contributed by atoms with E-state index in [1.165, 1.54) is 6.07 Å². The quantitative estimate of drug-likeness (QED) is 0.708. The zero-order valence-corrected chi connectivity index (χ0v) is 17.2. The van der Waals surface area contributed by atoms with E-state index in [0.717, 1.165) is 30.5 Å². The molecule has 4 rings (SSSR count). The van der Waals surface area contributed by atoms with Crippen molar-refractivity contribution >= 4 is 23.3 Å². The van der Waals surface area contributed by atoms with Gasteiger partial charge in [-0.2, -0.15) is 13.2 Å². The van der Waals surface area contributed by atoms with Gasteiger partial charge in [0.25, 0.3) is 0 Å². The molecule has 0 atom stereocenters. The molecule has 2 aromatic carbocycles. The maximum atomic E-state index is 13.2. The molecule has 8 heteroatoms. The van der Waals surface area contributed by atoms with Gasteiger partial charge in [0.05, 0.1) is 16.9 Å². The minimum absolute atomic E-state index is 0.0304. The number of nitrogens with zero attached hydrogens (tertiary/aromatic N) is 2. The molecule has 0 spiro atoms. The number of hydrogen-bond donors (Lipinski definition) is 1. The topological polar surface area (TPSA) is 52.6 Å². The van der Waals surface area contributed by atoms with E-state index in [-0.39, 0.29) is 24.4 Å². The van der Waals surface area contributed by atoms with Crippen molar-refractivity contribution in [2.45, 2.75) is 38.9 Å². The fraction of sp³-hybridized carbons (Fsp3) is 0.391. The number of nitrogens with one attached hydrogen (secondary N) is 1. The molecule has 31 heavy (non-hydrogen) atoms. The van der Waals surface area contributed by atoms with Crippen LogP contribution in [0.2, 0.25) is 0 Å². The van der Waals surface area contributed by atoms with Crippen LogP contribution in [0.15, 0.2) is 42.5 Å². The highest BCUT2D eigenvalue weighted by Gasteiger charge is 2.33. The molecule has 1 saturated heterocycles. The number of carbonyl (C=O) groups is 2. The zero-order valence-electron chi connectivity index (χ0n) is 17.2. The number of halogens is 3. The van der Waals surface area contributed by atoms with Crippen LogP contribution in [-0.4, -0.2) is 29.9 Å². The lowest BCUT2D eigenvalue weighted by Gasteiger charge is -2.36. The van der Waals surface area contributed by atoms with Gasteiger partial charge in [-0.15, -0.1) is 0 Å². The molecule has 164 valence electrons. The first-order valence-corrected chi connectivity index (χ1v) is 10.4. The third-order valence-electron chi connectivity index (χ3n) is 5.59. The van der Waals surface area contributed by atoms with Crippen molar-refractivity contribution in [3.05, 3.63) is 59.2 Å². The third-order valence-corrected chi connectivity index (χ3v) is 5.59. The van der Waals surface area contributed by atoms with Crippen molar-refractivity contribution in [2.75, 3.05) is 23.3 Å². The lowest BCUT2D eigenvalue weighted by molar-refractivity contribution is -0.137. The Kier molecular flexibility index (Phi) is 5.64. The van der Waals surface area contributed by atoms with Gasteiger partial charge >= 0.3 is 12.2 Å². The average Bonchev–Trinajstić information content (AvgIpc) is 3.55. The molecule has 1 N–H and O–H groups in total. The standard InChI is InChI=1S/C23H24F3N3O2/c1-15-6-9-20(19(12-15)27-21(30)17-7-8-17)29-11-3-10-28(22(29)31)14-16-4-2-5-18(13-16)23(24,25)26/h2,4-6,9,12-13,17H,3,7-8,10-11,14H2,1H3,(H,27,30). The molecule has 2 fully saturated rings. The molecule has 1 aliphatic heterocycles. The summed E-state index contributed by atoms with van der Waals surface area (Å²) in [5, 5.41) is 2.94. The Labute approximate surface area is 178 Å². The number of anilines is 2. The van der Waals surface area contributed by atoms with Crippen molar-refractivity contribution in [2.24, 2.45) is 5.92 Å². The number of rotatable bonds is 5. The van der Waals surface area contributed by atoms with Gasteiger partial charge in [-0.1, -0.05) is 18.2 Å². The SMILES string of the molecule is Cc1ccc(N2CCCN(Cc3cccc(C(F)(F)F)c3)C2=O)c(NC(=O)C2CC2)c1. The lowest BCUT2D eigenvalue weighted by atomic mass is 10.1. The van der Waals surface area contributed by atoms with Crippen molar-refractivity contribution in [1.82, 2.24) is 4.90 Å². The lowest BCUT2D eigenvalue weighted by Crippen LogP contribution is -2.49. The van der Waals surface area contributed by atoms with Crippen LogP contribution in [-0.2, 0) is 17.5 Å². The summed E-state index contributed by atoms with van der Waals surface area (Å²) in [4.78, 5) is 28.6. The van der Waals surface area contributed by atoms with Crippen molar-refractivity contribution < 1.29 is 22.8 Å². The van der Waals surface area contributed by atoms with Crippen LogP contribution in [0.25, 0.3) is 0 Å². The monoisotopic (exact) mass is 431 g/mol. The van der Waals surface area contributed by atoms with Crippen molar-refractivity contribution in [1.29, 1.82) is 0 Å². The van der Waals surface area contributed by atoms with Crippen LogP contribution >= 0.6 is 0 Å². The first-order chi connectivity index (χ1) is 14.7. The van der Waals surface area contributed by atoms with Crippen LogP contribution in [0.4, 0.5) is 29.3 Å². The van der Waals surface area contributed by atoms with E-state index in [2.05, 4.69) is 5.32 Å². The molecule has 0 radical (unpaired) electrons. The largest absolute Gasteiger partial charge is 0.416 e. The van der Waals surface area contributed by atoms with Gasteiger partial charge in [-0.3, -0.25) is 9.69 Å². The molecule has 0 aromatic heterocycles. The number of hydrogen-bond acceptors (Lipinski definition) is 2. The van der Waals surface area contributed by atoms with Gasteiger partial charge in [-0.25, -0.2) is 4.79 Å². The Morgan fingerprint density at radius 3 is 2.61 bits per heavy atom. The van der Waals surface area contributed by atoms with Crippen LogP contribution < -0.4 is 10.2 Å². The molecule has 3 amide bonds. The second-order valence-electron chi connectivity index (χ2n) is 8.19. The maximum absolute atomic E-state index is 13.2. The number of urea groups is 1. The predicted molar refractivity (Wildman–Crippen MR) is 112 cm³/mol. The van der Waals surface area contributed by atoms with Crippen molar-refractivity contribution in [3.8, 4) is 0 Å². The second-order valence-corrected chi connectivity index (χ2v) is 8.19. The normalized spacial score (nSPS) is 17.1. The van der Waals surface area contributed by atoms with Crippen LogP contribution in [0.5, 0.6) is 0 Å². The number of benzene rings is 2. The summed E-state index contributed by atoms with van der Waals surface area (Å²) in [6.45, 7) is 2.94. The Morgan fingerprint density at radius 1 is 1.13 bits per heavy atom. The molecule has 0 bridgehead atoms. The van der Waals surface area contributed by atoms with E-state index in [9.17, 15) is 22.8 Å². The summed E-state index contributed by atoms with van der Waals surface area (Å²) < 4.78 is 39.1. The molecule has 1 aliphatic carbocycles. The highest BCUT2D eigenvalue weighted by molar-refractivity contribution is 6.02. The highest BCUT2D eigenvalue weighted by Crippen LogP contribution is 2.35. The minimum Gasteiger partial charge on any atom is -0.324 e. The van der Waals surface area contributed by atoms with E-state index < -0.39 is 11.7 Å². The summed E-state index contributed by atoms with van der Waals surface area (Å²) >= 11 is 0. The zero-order chi connectivity index (χ0) is 22.2. The van der Waals surface area contributed by atoms with E-state index in [0.29, 0.717) is 36.4 Å². The van der Waals surface area contributed by atoms with Gasteiger partial charge in [-0.05, 0) is 61.6 Å². The smallest absolute Gasteiger partial charge is 0.324 e. The maximum Gasteiger partial charge on any atom is 0.416 e. The Balaban J connectivity index is 1.55. The predicted octanol–water partition coefficient (Wildman–Crippen LogP) is 5.19. The second kappa shape index (κ2) is 8.24. The molecule has 2 aromatic rings. The molecule has 2 aliphatic rings. The minimum atomic E-state index is -4.43. The van der Waals surface area contributed by atoms with Crippen LogP contribution in [0, 0.1) is 12.8 Å². The number of carbonyl (C=O) groups excluding carboxylic acids is 2. The van der Waals surface area contributed by atoms with Gasteiger partial charge in [0.2, 0.25) is 5.91 Å². The van der Waals surface area contributed by atoms with Crippen LogP contribution in [0.1, 0.15) is 36.0 Å². The number of amides is 3. The van der Waals surface area contributed by atoms with Gasteiger partial charge in [0, 0.05) is 25.6 Å². The van der Waals surface area contributed by atoms with Gasteiger partial charge in [0.15, 0.2) is 0 Å². The van der Waals surface area contributed by atoms with Gasteiger partial charge in [0.1, 0.15) is 0 Å². The first-order valence-electron chi connectivity index (χ1n) is 10.4. The third kappa shape index (κ3) is 4.84. The fourth-order valence-electron chi connectivity index (χ4n) is 3.78. The van der Waals surface area contributed by atoms with E-state index in [4.69, 9.17) is 0 Å².